The van der Waals surface area contributed by atoms with E-state index in [-0.39, 0.29) is 5.92 Å². The zero-order valence-electron chi connectivity index (χ0n) is 10.1. The van der Waals surface area contributed by atoms with Gasteiger partial charge in [-0.15, -0.1) is 11.3 Å². The van der Waals surface area contributed by atoms with Gasteiger partial charge in [-0.2, -0.15) is 5.10 Å². The van der Waals surface area contributed by atoms with Crippen molar-refractivity contribution in [3.05, 3.63) is 70.1 Å². The van der Waals surface area contributed by atoms with Gasteiger partial charge in [-0.3, -0.25) is 5.43 Å². The first-order valence-electron chi connectivity index (χ1n) is 5.95. The number of hydrazone groups is 1. The summed E-state index contributed by atoms with van der Waals surface area (Å²) in [5.41, 5.74) is 6.56. The van der Waals surface area contributed by atoms with Gasteiger partial charge in [0, 0.05) is 11.6 Å². The van der Waals surface area contributed by atoms with Gasteiger partial charge in [0.25, 0.3) is 0 Å². The summed E-state index contributed by atoms with van der Waals surface area (Å²) >= 11 is 1.73. The Morgan fingerprint density at radius 3 is 2.67 bits per heavy atom. The van der Waals surface area contributed by atoms with Crippen LogP contribution < -0.4 is 5.43 Å². The van der Waals surface area contributed by atoms with Crippen molar-refractivity contribution in [3.8, 4) is 0 Å². The number of hydrogen-bond donors (Lipinski definition) is 1. The van der Waals surface area contributed by atoms with Crippen LogP contribution >= 0.6 is 11.3 Å². The van der Waals surface area contributed by atoms with Gasteiger partial charge >= 0.3 is 0 Å². The number of benzene rings is 1. The van der Waals surface area contributed by atoms with Gasteiger partial charge in [0.1, 0.15) is 0 Å². The van der Waals surface area contributed by atoms with Crippen molar-refractivity contribution in [1.29, 1.82) is 0 Å². The molecule has 1 aromatic heterocycles. The van der Waals surface area contributed by atoms with Gasteiger partial charge in [-0.25, -0.2) is 0 Å². The number of nitrogens with one attached hydrogen (secondary N) is 1. The van der Waals surface area contributed by atoms with Gasteiger partial charge in [-0.1, -0.05) is 42.5 Å². The molecule has 1 aromatic carbocycles. The average molecular weight is 254 g/mol. The van der Waals surface area contributed by atoms with Crippen LogP contribution in [0, 0.1) is 0 Å². The molecule has 0 amide bonds. The third-order valence-electron chi connectivity index (χ3n) is 3.00. The molecule has 1 aliphatic heterocycles. The largest absolute Gasteiger partial charge is 0.283 e. The Hall–Kier alpha value is -1.87. The summed E-state index contributed by atoms with van der Waals surface area (Å²) in [5, 5.41) is 6.61. The molecule has 1 atom stereocenters. The topological polar surface area (TPSA) is 24.4 Å². The quantitative estimate of drug-likeness (QED) is 0.867. The van der Waals surface area contributed by atoms with Crippen LogP contribution in [0.4, 0.5) is 0 Å². The van der Waals surface area contributed by atoms with E-state index in [9.17, 15) is 0 Å². The van der Waals surface area contributed by atoms with Gasteiger partial charge in [-0.05, 0) is 23.9 Å². The minimum atomic E-state index is 0.242. The smallest absolute Gasteiger partial charge is 0.0892 e. The maximum atomic E-state index is 4.52. The number of hydrogen-bond acceptors (Lipinski definition) is 3. The first-order valence-corrected chi connectivity index (χ1v) is 6.83. The molecule has 0 fully saturated rings. The van der Waals surface area contributed by atoms with E-state index in [1.54, 1.807) is 11.3 Å². The SMILES string of the molecule is CC1=CC(c2ccccc2)C(c2cccs2)=NN1. The summed E-state index contributed by atoms with van der Waals surface area (Å²) in [6.07, 6.45) is 2.23. The van der Waals surface area contributed by atoms with Crippen molar-refractivity contribution < 1.29 is 0 Å². The predicted octanol–water partition coefficient (Wildman–Crippen LogP) is 3.74. The Kier molecular flexibility index (Phi) is 2.99. The Morgan fingerprint density at radius 2 is 1.94 bits per heavy atom. The lowest BCUT2D eigenvalue weighted by atomic mass is 9.91. The second kappa shape index (κ2) is 4.78. The third kappa shape index (κ3) is 2.09. The van der Waals surface area contributed by atoms with Crippen molar-refractivity contribution in [3.63, 3.8) is 0 Å². The molecule has 0 saturated carbocycles. The van der Waals surface area contributed by atoms with Crippen LogP contribution in [0.3, 0.4) is 0 Å². The van der Waals surface area contributed by atoms with E-state index in [0.717, 1.165) is 11.4 Å². The molecule has 0 saturated heterocycles. The van der Waals surface area contributed by atoms with E-state index in [1.165, 1.54) is 10.4 Å². The zero-order valence-corrected chi connectivity index (χ0v) is 10.9. The van der Waals surface area contributed by atoms with Gasteiger partial charge in [0.05, 0.1) is 10.6 Å². The maximum Gasteiger partial charge on any atom is 0.0892 e. The number of rotatable bonds is 2. The predicted molar refractivity (Wildman–Crippen MR) is 76.9 cm³/mol. The lowest BCUT2D eigenvalue weighted by Crippen LogP contribution is -2.21. The molecular weight excluding hydrogens is 240 g/mol. The highest BCUT2D eigenvalue weighted by atomic mass is 32.1. The van der Waals surface area contributed by atoms with Crippen molar-refractivity contribution in [2.24, 2.45) is 5.10 Å². The van der Waals surface area contributed by atoms with E-state index in [0.29, 0.717) is 0 Å². The van der Waals surface area contributed by atoms with E-state index in [1.807, 2.05) is 13.0 Å². The monoisotopic (exact) mass is 254 g/mol. The standard InChI is InChI=1S/C15H14N2S/c1-11-10-13(12-6-3-2-4-7-12)15(17-16-11)14-8-5-9-18-14/h2-10,13,16H,1H3. The van der Waals surface area contributed by atoms with Crippen LogP contribution in [-0.2, 0) is 0 Å². The number of thiophene rings is 1. The first kappa shape index (κ1) is 11.2. The molecule has 1 aliphatic rings. The van der Waals surface area contributed by atoms with Crippen LogP contribution in [0.5, 0.6) is 0 Å². The van der Waals surface area contributed by atoms with Crippen molar-refractivity contribution in [1.82, 2.24) is 5.43 Å². The molecule has 2 nitrogen and oxygen atoms in total. The van der Waals surface area contributed by atoms with Crippen LogP contribution in [0.25, 0.3) is 0 Å². The lowest BCUT2D eigenvalue weighted by Gasteiger charge is -2.21. The Bertz CT molecular complexity index is 582. The second-order valence-electron chi connectivity index (χ2n) is 4.32. The highest BCUT2D eigenvalue weighted by Gasteiger charge is 2.21. The van der Waals surface area contributed by atoms with Crippen molar-refractivity contribution in [2.45, 2.75) is 12.8 Å². The summed E-state index contributed by atoms with van der Waals surface area (Å²) in [4.78, 5) is 1.22. The van der Waals surface area contributed by atoms with Crippen LogP contribution in [-0.4, -0.2) is 5.71 Å². The van der Waals surface area contributed by atoms with E-state index >= 15 is 0 Å². The van der Waals surface area contributed by atoms with E-state index in [4.69, 9.17) is 0 Å². The molecular formula is C15H14N2S. The Labute approximate surface area is 111 Å². The molecule has 3 rings (SSSR count). The normalized spacial score (nSPS) is 18.8. The molecule has 90 valence electrons. The maximum absolute atomic E-state index is 4.52. The Balaban J connectivity index is 2.03. The van der Waals surface area contributed by atoms with Crippen LogP contribution in [0.2, 0.25) is 0 Å². The Morgan fingerprint density at radius 1 is 1.11 bits per heavy atom. The molecule has 18 heavy (non-hydrogen) atoms. The highest BCUT2D eigenvalue weighted by Crippen LogP contribution is 2.28. The number of nitrogens with zero attached hydrogens (tertiary/aromatic N) is 1. The summed E-state index contributed by atoms with van der Waals surface area (Å²) in [6.45, 7) is 2.05. The van der Waals surface area contributed by atoms with Crippen molar-refractivity contribution >= 4 is 17.0 Å². The molecule has 2 heterocycles. The van der Waals surface area contributed by atoms with Gasteiger partial charge in [0.2, 0.25) is 0 Å². The molecule has 0 spiro atoms. The average Bonchev–Trinajstić information content (AvgIpc) is 2.93. The summed E-state index contributed by atoms with van der Waals surface area (Å²) < 4.78 is 0. The summed E-state index contributed by atoms with van der Waals surface area (Å²) in [5.74, 6) is 0.242. The van der Waals surface area contributed by atoms with Gasteiger partial charge < -0.3 is 0 Å². The molecule has 1 unspecified atom stereocenters. The number of allylic oxidation sites excluding steroid dienone is 2. The molecule has 2 aromatic rings. The fourth-order valence-electron chi connectivity index (χ4n) is 2.13. The van der Waals surface area contributed by atoms with Crippen molar-refractivity contribution in [2.75, 3.05) is 0 Å². The van der Waals surface area contributed by atoms with E-state index in [2.05, 4.69) is 58.4 Å². The highest BCUT2D eigenvalue weighted by molar-refractivity contribution is 7.12. The first-order chi connectivity index (χ1) is 8.84. The fraction of sp³-hybridized carbons (Fsp3) is 0.133. The fourth-order valence-corrected chi connectivity index (χ4v) is 2.89. The summed E-state index contributed by atoms with van der Waals surface area (Å²) in [6, 6.07) is 14.7. The molecule has 0 radical (unpaired) electrons. The molecule has 3 heteroatoms. The summed E-state index contributed by atoms with van der Waals surface area (Å²) in [7, 11) is 0. The van der Waals surface area contributed by atoms with Crippen LogP contribution in [0.15, 0.2) is 64.7 Å². The minimum absolute atomic E-state index is 0.242. The molecule has 1 N–H and O–H groups in total. The zero-order chi connectivity index (χ0) is 12.4. The van der Waals surface area contributed by atoms with Crippen LogP contribution in [0.1, 0.15) is 23.3 Å². The molecule has 0 bridgehead atoms. The lowest BCUT2D eigenvalue weighted by molar-refractivity contribution is 0.834. The molecule has 0 aliphatic carbocycles. The second-order valence-corrected chi connectivity index (χ2v) is 5.27. The van der Waals surface area contributed by atoms with Gasteiger partial charge in [0.15, 0.2) is 0 Å². The minimum Gasteiger partial charge on any atom is -0.283 e. The van der Waals surface area contributed by atoms with E-state index < -0.39 is 0 Å². The third-order valence-corrected chi connectivity index (χ3v) is 3.89.